The molecule has 0 fully saturated rings. The van der Waals surface area contributed by atoms with Crippen LogP contribution in [0.1, 0.15) is 16.2 Å². The summed E-state index contributed by atoms with van der Waals surface area (Å²) >= 11 is 0. The first-order chi connectivity index (χ1) is 9.58. The maximum absolute atomic E-state index is 13.9. The fraction of sp³-hybridized carbons (Fsp3) is 0.0714. The molecule has 0 bridgehead atoms. The summed E-state index contributed by atoms with van der Waals surface area (Å²) in [5.74, 6) is -1.72. The number of carboxylic acids is 1. The zero-order valence-electron chi connectivity index (χ0n) is 10.5. The van der Waals surface area contributed by atoms with E-state index in [1.807, 2.05) is 0 Å². The van der Waals surface area contributed by atoms with Crippen LogP contribution in [0.3, 0.4) is 0 Å². The van der Waals surface area contributed by atoms with Gasteiger partial charge in [0.05, 0.1) is 5.69 Å². The summed E-state index contributed by atoms with van der Waals surface area (Å²) in [6.45, 7) is 1.74. The van der Waals surface area contributed by atoms with Crippen molar-refractivity contribution < 1.29 is 14.3 Å². The SMILES string of the molecule is Cc1ccc2nc(-c3ccccc3F)c(C(=O)O)n2n1. The van der Waals surface area contributed by atoms with E-state index >= 15 is 0 Å². The predicted molar refractivity (Wildman–Crippen MR) is 70.1 cm³/mol. The third kappa shape index (κ3) is 1.82. The number of halogens is 1. The third-order valence-corrected chi connectivity index (χ3v) is 2.94. The topological polar surface area (TPSA) is 67.5 Å². The molecule has 20 heavy (non-hydrogen) atoms. The van der Waals surface area contributed by atoms with E-state index in [-0.39, 0.29) is 17.0 Å². The van der Waals surface area contributed by atoms with Crippen LogP contribution < -0.4 is 0 Å². The fourth-order valence-corrected chi connectivity index (χ4v) is 2.06. The van der Waals surface area contributed by atoms with Crippen molar-refractivity contribution in [2.24, 2.45) is 0 Å². The number of imidazole rings is 1. The number of aryl methyl sites for hydroxylation is 1. The van der Waals surface area contributed by atoms with Gasteiger partial charge in [0.25, 0.3) is 0 Å². The average molecular weight is 271 g/mol. The van der Waals surface area contributed by atoms with Gasteiger partial charge in [-0.25, -0.2) is 18.7 Å². The van der Waals surface area contributed by atoms with Gasteiger partial charge >= 0.3 is 5.97 Å². The molecular weight excluding hydrogens is 261 g/mol. The van der Waals surface area contributed by atoms with E-state index in [2.05, 4.69) is 10.1 Å². The fourth-order valence-electron chi connectivity index (χ4n) is 2.06. The van der Waals surface area contributed by atoms with Gasteiger partial charge in [-0.1, -0.05) is 12.1 Å². The van der Waals surface area contributed by atoms with Gasteiger partial charge in [-0.15, -0.1) is 0 Å². The highest BCUT2D eigenvalue weighted by Crippen LogP contribution is 2.26. The van der Waals surface area contributed by atoms with Gasteiger partial charge in [0.2, 0.25) is 0 Å². The second kappa shape index (κ2) is 4.41. The van der Waals surface area contributed by atoms with E-state index in [1.54, 1.807) is 25.1 Å². The Morgan fingerprint density at radius 2 is 2.00 bits per heavy atom. The molecule has 0 aliphatic heterocycles. The molecule has 0 unspecified atom stereocenters. The Morgan fingerprint density at radius 1 is 1.25 bits per heavy atom. The second-order valence-electron chi connectivity index (χ2n) is 4.34. The van der Waals surface area contributed by atoms with Gasteiger partial charge in [-0.2, -0.15) is 5.10 Å². The van der Waals surface area contributed by atoms with Crippen LogP contribution in [0.5, 0.6) is 0 Å². The summed E-state index contributed by atoms with van der Waals surface area (Å²) in [4.78, 5) is 15.7. The maximum atomic E-state index is 13.9. The first-order valence-electron chi connectivity index (χ1n) is 5.92. The number of aromatic nitrogens is 3. The molecular formula is C14H10FN3O2. The maximum Gasteiger partial charge on any atom is 0.356 e. The number of hydrogen-bond acceptors (Lipinski definition) is 3. The standard InChI is InChI=1S/C14H10FN3O2/c1-8-6-7-11-16-12(9-4-2-3-5-10(9)15)13(14(19)20)18(11)17-8/h2-7H,1H3,(H,19,20). The second-order valence-corrected chi connectivity index (χ2v) is 4.34. The van der Waals surface area contributed by atoms with Crippen LogP contribution in [-0.2, 0) is 0 Å². The van der Waals surface area contributed by atoms with E-state index in [9.17, 15) is 14.3 Å². The largest absolute Gasteiger partial charge is 0.476 e. The highest BCUT2D eigenvalue weighted by molar-refractivity contribution is 5.94. The first kappa shape index (κ1) is 12.3. The van der Waals surface area contributed by atoms with Crippen molar-refractivity contribution in [3.8, 4) is 11.3 Å². The minimum atomic E-state index is -1.20. The summed E-state index contributed by atoms with van der Waals surface area (Å²) in [6.07, 6.45) is 0. The Hall–Kier alpha value is -2.76. The van der Waals surface area contributed by atoms with E-state index in [0.717, 1.165) is 0 Å². The van der Waals surface area contributed by atoms with Gasteiger partial charge in [-0.05, 0) is 31.2 Å². The van der Waals surface area contributed by atoms with Gasteiger partial charge in [-0.3, -0.25) is 0 Å². The van der Waals surface area contributed by atoms with Crippen molar-refractivity contribution >= 4 is 11.6 Å². The molecule has 0 aliphatic carbocycles. The lowest BCUT2D eigenvalue weighted by Gasteiger charge is -2.01. The number of aromatic carboxylic acids is 1. The Balaban J connectivity index is 2.39. The quantitative estimate of drug-likeness (QED) is 0.777. The van der Waals surface area contributed by atoms with Crippen LogP contribution in [0, 0.1) is 12.7 Å². The molecule has 0 atom stereocenters. The van der Waals surface area contributed by atoms with Crippen molar-refractivity contribution in [1.29, 1.82) is 0 Å². The number of fused-ring (bicyclic) bond motifs is 1. The highest BCUT2D eigenvalue weighted by Gasteiger charge is 2.22. The summed E-state index contributed by atoms with van der Waals surface area (Å²) in [5, 5.41) is 13.5. The van der Waals surface area contributed by atoms with Gasteiger partial charge < -0.3 is 5.11 Å². The van der Waals surface area contributed by atoms with Crippen molar-refractivity contribution in [1.82, 2.24) is 14.6 Å². The molecule has 0 aliphatic rings. The Kier molecular flexibility index (Phi) is 2.71. The summed E-state index contributed by atoms with van der Waals surface area (Å²) < 4.78 is 15.1. The summed E-state index contributed by atoms with van der Waals surface area (Å²) in [6, 6.07) is 9.31. The number of rotatable bonds is 2. The number of nitrogens with zero attached hydrogens (tertiary/aromatic N) is 3. The van der Waals surface area contributed by atoms with Crippen LogP contribution in [0.15, 0.2) is 36.4 Å². The zero-order valence-corrected chi connectivity index (χ0v) is 10.5. The average Bonchev–Trinajstić information content (AvgIpc) is 2.77. The molecule has 6 heteroatoms. The van der Waals surface area contributed by atoms with Crippen molar-refractivity contribution in [2.45, 2.75) is 6.92 Å². The Morgan fingerprint density at radius 3 is 2.70 bits per heavy atom. The number of carboxylic acid groups (broad SMARTS) is 1. The lowest BCUT2D eigenvalue weighted by atomic mass is 10.1. The minimum Gasteiger partial charge on any atom is -0.476 e. The van der Waals surface area contributed by atoms with Crippen LogP contribution in [0.4, 0.5) is 4.39 Å². The van der Waals surface area contributed by atoms with Gasteiger partial charge in [0, 0.05) is 5.56 Å². The monoisotopic (exact) mass is 271 g/mol. The third-order valence-electron chi connectivity index (χ3n) is 2.94. The molecule has 2 aromatic heterocycles. The first-order valence-corrected chi connectivity index (χ1v) is 5.92. The molecule has 5 nitrogen and oxygen atoms in total. The van der Waals surface area contributed by atoms with Gasteiger partial charge in [0.15, 0.2) is 11.3 Å². The van der Waals surface area contributed by atoms with Crippen molar-refractivity contribution in [3.63, 3.8) is 0 Å². The number of benzene rings is 1. The minimum absolute atomic E-state index is 0.0775. The number of carbonyl (C=O) groups is 1. The Bertz CT molecular complexity index is 826. The van der Waals surface area contributed by atoms with Crippen molar-refractivity contribution in [2.75, 3.05) is 0 Å². The molecule has 0 saturated carbocycles. The molecule has 100 valence electrons. The van der Waals surface area contributed by atoms with Crippen LogP contribution >= 0.6 is 0 Å². The molecule has 0 saturated heterocycles. The molecule has 1 aromatic carbocycles. The molecule has 1 N–H and O–H groups in total. The number of hydrogen-bond donors (Lipinski definition) is 1. The lowest BCUT2D eigenvalue weighted by Crippen LogP contribution is -2.07. The van der Waals surface area contributed by atoms with Crippen LogP contribution in [0.2, 0.25) is 0 Å². The smallest absolute Gasteiger partial charge is 0.356 e. The van der Waals surface area contributed by atoms with Gasteiger partial charge in [0.1, 0.15) is 11.5 Å². The molecule has 3 aromatic rings. The molecule has 2 heterocycles. The molecule has 0 spiro atoms. The summed E-state index contributed by atoms with van der Waals surface area (Å²) in [5.41, 5.74) is 1.10. The zero-order chi connectivity index (χ0) is 14.3. The highest BCUT2D eigenvalue weighted by atomic mass is 19.1. The van der Waals surface area contributed by atoms with E-state index in [1.165, 1.54) is 22.7 Å². The lowest BCUT2D eigenvalue weighted by molar-refractivity contribution is 0.0689. The molecule has 0 amide bonds. The Labute approximate surface area is 113 Å². The van der Waals surface area contributed by atoms with Crippen LogP contribution in [-0.4, -0.2) is 25.7 Å². The van der Waals surface area contributed by atoms with E-state index < -0.39 is 11.8 Å². The van der Waals surface area contributed by atoms with E-state index in [4.69, 9.17) is 0 Å². The normalized spacial score (nSPS) is 10.9. The van der Waals surface area contributed by atoms with Crippen molar-refractivity contribution in [3.05, 3.63) is 53.6 Å². The van der Waals surface area contributed by atoms with Crippen LogP contribution in [0.25, 0.3) is 16.9 Å². The molecule has 3 rings (SSSR count). The summed E-state index contributed by atoms with van der Waals surface area (Å²) in [7, 11) is 0. The predicted octanol–water partition coefficient (Wildman–Crippen LogP) is 2.54. The molecule has 0 radical (unpaired) electrons. The van der Waals surface area contributed by atoms with E-state index in [0.29, 0.717) is 11.3 Å².